The highest BCUT2D eigenvalue weighted by molar-refractivity contribution is 4.89. The SMILES string of the molecule is CO[C@@H]1CO[C@@H]2OC[C@H](O)[C@@H]21. The maximum Gasteiger partial charge on any atom is 0.165 e. The Morgan fingerprint density at radius 2 is 2.09 bits per heavy atom. The molecule has 0 radical (unpaired) electrons. The molecule has 2 rings (SSSR count). The summed E-state index contributed by atoms with van der Waals surface area (Å²) in [6.07, 6.45) is -0.667. The quantitative estimate of drug-likeness (QED) is 0.554. The third-order valence-electron chi connectivity index (χ3n) is 2.35. The Hall–Kier alpha value is -0.160. The van der Waals surface area contributed by atoms with Gasteiger partial charge in [-0.25, -0.2) is 0 Å². The van der Waals surface area contributed by atoms with E-state index >= 15 is 0 Å². The molecule has 0 spiro atoms. The summed E-state index contributed by atoms with van der Waals surface area (Å²) in [4.78, 5) is 0. The average Bonchev–Trinajstić information content (AvgIpc) is 2.54. The van der Waals surface area contributed by atoms with Crippen molar-refractivity contribution in [3.63, 3.8) is 0 Å². The first-order valence-corrected chi connectivity index (χ1v) is 3.77. The lowest BCUT2D eigenvalue weighted by molar-refractivity contribution is -0.0912. The third kappa shape index (κ3) is 1.06. The zero-order valence-corrected chi connectivity index (χ0v) is 6.40. The fourth-order valence-electron chi connectivity index (χ4n) is 1.71. The molecule has 2 saturated heterocycles. The van der Waals surface area contributed by atoms with Gasteiger partial charge in [-0.05, 0) is 0 Å². The molecule has 0 saturated carbocycles. The standard InChI is InChI=1S/C7H12O4/c1-9-5-3-11-7-6(5)4(8)2-10-7/h4-8H,2-3H2,1H3/t4-,5+,6+,7-/m0/s1. The predicted molar refractivity (Wildman–Crippen MR) is 36.0 cm³/mol. The van der Waals surface area contributed by atoms with E-state index in [1.807, 2.05) is 0 Å². The van der Waals surface area contributed by atoms with E-state index in [0.717, 1.165) is 0 Å². The Balaban J connectivity index is 2.07. The van der Waals surface area contributed by atoms with E-state index in [2.05, 4.69) is 0 Å². The van der Waals surface area contributed by atoms with E-state index in [0.29, 0.717) is 13.2 Å². The molecular formula is C7H12O4. The van der Waals surface area contributed by atoms with Gasteiger partial charge in [0.2, 0.25) is 0 Å². The van der Waals surface area contributed by atoms with E-state index in [1.54, 1.807) is 7.11 Å². The lowest BCUT2D eigenvalue weighted by Gasteiger charge is -2.15. The van der Waals surface area contributed by atoms with Gasteiger partial charge in [0, 0.05) is 7.11 Å². The number of ether oxygens (including phenoxy) is 3. The van der Waals surface area contributed by atoms with Crippen LogP contribution in [0.3, 0.4) is 0 Å². The number of methoxy groups -OCH3 is 1. The van der Waals surface area contributed by atoms with Crippen LogP contribution >= 0.6 is 0 Å². The summed E-state index contributed by atoms with van der Waals surface area (Å²) in [5.41, 5.74) is 0. The van der Waals surface area contributed by atoms with E-state index in [4.69, 9.17) is 14.2 Å². The molecule has 2 fully saturated rings. The van der Waals surface area contributed by atoms with Gasteiger partial charge in [-0.15, -0.1) is 0 Å². The van der Waals surface area contributed by atoms with Gasteiger partial charge in [0.1, 0.15) is 0 Å². The molecule has 0 aliphatic carbocycles. The van der Waals surface area contributed by atoms with E-state index in [-0.39, 0.29) is 18.3 Å². The van der Waals surface area contributed by atoms with Crippen LogP contribution in [0.1, 0.15) is 0 Å². The molecule has 64 valence electrons. The maximum atomic E-state index is 9.42. The molecule has 4 heteroatoms. The highest BCUT2D eigenvalue weighted by Crippen LogP contribution is 2.32. The average molecular weight is 160 g/mol. The van der Waals surface area contributed by atoms with Crippen molar-refractivity contribution in [1.29, 1.82) is 0 Å². The van der Waals surface area contributed by atoms with Gasteiger partial charge in [-0.2, -0.15) is 0 Å². The predicted octanol–water partition coefficient (Wildman–Crippen LogP) is -0.635. The molecule has 0 unspecified atom stereocenters. The van der Waals surface area contributed by atoms with Crippen LogP contribution in [0.2, 0.25) is 0 Å². The van der Waals surface area contributed by atoms with Crippen LogP contribution in [-0.4, -0.2) is 43.9 Å². The van der Waals surface area contributed by atoms with Crippen LogP contribution in [0.25, 0.3) is 0 Å². The van der Waals surface area contributed by atoms with Crippen molar-refractivity contribution in [2.24, 2.45) is 5.92 Å². The van der Waals surface area contributed by atoms with Crippen LogP contribution < -0.4 is 0 Å². The Morgan fingerprint density at radius 1 is 1.36 bits per heavy atom. The van der Waals surface area contributed by atoms with Gasteiger partial charge in [0.15, 0.2) is 6.29 Å². The van der Waals surface area contributed by atoms with Gasteiger partial charge in [-0.1, -0.05) is 0 Å². The molecule has 1 N–H and O–H groups in total. The summed E-state index contributed by atoms with van der Waals surface area (Å²) in [6.45, 7) is 0.901. The monoisotopic (exact) mass is 160 g/mol. The first-order chi connectivity index (χ1) is 5.33. The molecular weight excluding hydrogens is 148 g/mol. The second-order valence-electron chi connectivity index (χ2n) is 2.95. The van der Waals surface area contributed by atoms with Crippen LogP contribution in [-0.2, 0) is 14.2 Å². The summed E-state index contributed by atoms with van der Waals surface area (Å²) >= 11 is 0. The largest absolute Gasteiger partial charge is 0.390 e. The number of aliphatic hydroxyl groups excluding tert-OH is 1. The Labute approximate surface area is 65.1 Å². The van der Waals surface area contributed by atoms with Crippen molar-refractivity contribution < 1.29 is 19.3 Å². The summed E-state index contributed by atoms with van der Waals surface area (Å²) in [6, 6.07) is 0. The molecule has 2 aliphatic rings. The smallest absolute Gasteiger partial charge is 0.165 e. The first kappa shape index (κ1) is 7.49. The summed E-state index contributed by atoms with van der Waals surface area (Å²) in [5, 5.41) is 9.42. The highest BCUT2D eigenvalue weighted by atomic mass is 16.7. The topological polar surface area (TPSA) is 47.9 Å². The second kappa shape index (κ2) is 2.71. The van der Waals surface area contributed by atoms with Gasteiger partial charge < -0.3 is 19.3 Å². The minimum Gasteiger partial charge on any atom is -0.390 e. The van der Waals surface area contributed by atoms with Crippen molar-refractivity contribution >= 4 is 0 Å². The first-order valence-electron chi connectivity index (χ1n) is 3.77. The molecule has 11 heavy (non-hydrogen) atoms. The number of hydrogen-bond donors (Lipinski definition) is 1. The van der Waals surface area contributed by atoms with E-state index in [9.17, 15) is 5.11 Å². The minimum absolute atomic E-state index is 0.00231. The molecule has 0 amide bonds. The fourth-order valence-corrected chi connectivity index (χ4v) is 1.71. The molecule has 0 aromatic carbocycles. The zero-order chi connectivity index (χ0) is 7.84. The number of fused-ring (bicyclic) bond motifs is 1. The number of hydrogen-bond acceptors (Lipinski definition) is 4. The molecule has 2 heterocycles. The van der Waals surface area contributed by atoms with Crippen LogP contribution in [0, 0.1) is 5.92 Å². The van der Waals surface area contributed by atoms with Gasteiger partial charge >= 0.3 is 0 Å². The second-order valence-corrected chi connectivity index (χ2v) is 2.95. The minimum atomic E-state index is -0.424. The van der Waals surface area contributed by atoms with Crippen molar-refractivity contribution in [2.75, 3.05) is 20.3 Å². The van der Waals surface area contributed by atoms with Gasteiger partial charge in [0.25, 0.3) is 0 Å². The van der Waals surface area contributed by atoms with E-state index < -0.39 is 6.10 Å². The molecule has 0 aromatic heterocycles. The van der Waals surface area contributed by atoms with Crippen molar-refractivity contribution in [3.8, 4) is 0 Å². The number of rotatable bonds is 1. The van der Waals surface area contributed by atoms with Crippen molar-refractivity contribution in [2.45, 2.75) is 18.5 Å². The van der Waals surface area contributed by atoms with Gasteiger partial charge in [-0.3, -0.25) is 0 Å². The third-order valence-corrected chi connectivity index (χ3v) is 2.35. The van der Waals surface area contributed by atoms with Crippen LogP contribution in [0.5, 0.6) is 0 Å². The zero-order valence-electron chi connectivity index (χ0n) is 6.40. The fraction of sp³-hybridized carbons (Fsp3) is 1.00. The van der Waals surface area contributed by atoms with Crippen molar-refractivity contribution in [1.82, 2.24) is 0 Å². The molecule has 0 bridgehead atoms. The van der Waals surface area contributed by atoms with Crippen LogP contribution in [0.4, 0.5) is 0 Å². The van der Waals surface area contributed by atoms with E-state index in [1.165, 1.54) is 0 Å². The highest BCUT2D eigenvalue weighted by Gasteiger charge is 2.47. The Bertz CT molecular complexity index is 149. The maximum absolute atomic E-state index is 9.42. The molecule has 2 aliphatic heterocycles. The molecule has 4 nitrogen and oxygen atoms in total. The normalized spacial score (nSPS) is 49.6. The lowest BCUT2D eigenvalue weighted by Crippen LogP contribution is -2.31. The Kier molecular flexibility index (Phi) is 1.85. The summed E-state index contributed by atoms with van der Waals surface area (Å²) in [7, 11) is 1.63. The van der Waals surface area contributed by atoms with Crippen LogP contribution in [0.15, 0.2) is 0 Å². The van der Waals surface area contributed by atoms with Crippen molar-refractivity contribution in [3.05, 3.63) is 0 Å². The van der Waals surface area contributed by atoms with Gasteiger partial charge in [0.05, 0.1) is 31.3 Å². The summed E-state index contributed by atoms with van der Waals surface area (Å²) < 4.78 is 15.5. The Morgan fingerprint density at radius 3 is 2.82 bits per heavy atom. The molecule has 0 aromatic rings. The number of aliphatic hydroxyl groups is 1. The lowest BCUT2D eigenvalue weighted by atomic mass is 10.0. The summed E-state index contributed by atoms with van der Waals surface area (Å²) in [5.74, 6) is 0.0139. The molecule has 4 atom stereocenters.